The zero-order chi connectivity index (χ0) is 75.4. The molecule has 31 nitrogen and oxygen atoms in total. The molecular formula is C71H105FLi2N16O15. The number of carbonyl (C=O) groups is 7. The minimum absolute atomic E-state index is 0. The van der Waals surface area contributed by atoms with Crippen molar-refractivity contribution in [1.82, 2.24) is 71.4 Å². The Morgan fingerprint density at radius 3 is 0.838 bits per heavy atom. The molecule has 15 rings (SSSR count). The molecule has 7 aromatic heterocycles. The van der Waals surface area contributed by atoms with Crippen molar-refractivity contribution >= 4 is 54.2 Å². The molecule has 0 spiro atoms. The minimum Gasteiger partial charge on any atom is -0.870 e. The van der Waals surface area contributed by atoms with Crippen molar-refractivity contribution in [1.29, 1.82) is 0 Å². The van der Waals surface area contributed by atoms with E-state index in [-0.39, 0.29) is 103 Å². The zero-order valence-electron chi connectivity index (χ0n) is 63.4. The van der Waals surface area contributed by atoms with Crippen LogP contribution in [0.3, 0.4) is 0 Å². The second kappa shape index (κ2) is 55.0. The third-order valence-electron chi connectivity index (χ3n) is 18.9. The number of aryl methyl sites for hydroxylation is 7. The number of hydrogen-bond acceptors (Lipinski definition) is 24. The number of alkyl halides is 1. The summed E-state index contributed by atoms with van der Waals surface area (Å²) in [4.78, 5) is 107. The molecule has 13 N–H and O–H groups in total. The van der Waals surface area contributed by atoms with Crippen molar-refractivity contribution in [3.63, 3.8) is 0 Å². The van der Waals surface area contributed by atoms with Gasteiger partial charge in [0.2, 0.25) is 0 Å². The molecule has 1 saturated carbocycles. The molecule has 7 heterocycles. The SMILES string of the molecule is CC(=O)C1CCC(=O)CC1.CC(=O)C1CCc2[nH]ncc2C1.CC(=O)C1CCc2[nH]ncc2C1.CC(=O)C1CCc2[nH]ncc2C1.CC1CCc2[nH]ncc2C1.CC1CCc2[nH]ncc2C1.CF.NN.O=C=O.O=C=O.O=COC1CCc2[nH]ncc2C1.O=COC1CCc2[nH]ncc2C1.[2H]C.[Li+].[Li+].[OH-].[OH-]. The van der Waals surface area contributed by atoms with E-state index in [0.29, 0.717) is 56.1 Å². The molecule has 34 heteroatoms. The second-order valence-electron chi connectivity index (χ2n) is 25.7. The number of nitrogens with zero attached hydrogens (tertiary/aromatic N) is 7. The maximum Gasteiger partial charge on any atom is 1.00 e. The van der Waals surface area contributed by atoms with Gasteiger partial charge >= 0.3 is 50.0 Å². The van der Waals surface area contributed by atoms with E-state index in [1.54, 1.807) is 40.1 Å². The average Bonchev–Trinajstić information content (AvgIpc) is 1.60. The predicted octanol–water partition coefficient (Wildman–Crippen LogP) is 1.12. The Morgan fingerprint density at radius 2 is 0.610 bits per heavy atom. The average molecular weight is 1460 g/mol. The molecule has 1 fully saturated rings. The molecule has 568 valence electrons. The first-order valence-corrected chi connectivity index (χ1v) is 33.9. The third-order valence-corrected chi connectivity index (χ3v) is 18.9. The summed E-state index contributed by atoms with van der Waals surface area (Å²) in [6.07, 6.45) is 37.6. The Kier molecular flexibility index (Phi) is 50.5. The van der Waals surface area contributed by atoms with Crippen LogP contribution in [0.15, 0.2) is 43.4 Å². The Bertz CT molecular complexity index is 3390. The van der Waals surface area contributed by atoms with E-state index >= 15 is 0 Å². The topological polar surface area (TPSA) is 519 Å². The Hall–Kier alpha value is -8.52. The smallest absolute Gasteiger partial charge is 0.870 e. The van der Waals surface area contributed by atoms with Gasteiger partial charge in [-0.1, -0.05) is 21.3 Å². The summed E-state index contributed by atoms with van der Waals surface area (Å²) in [6, 6.07) is 0. The summed E-state index contributed by atoms with van der Waals surface area (Å²) in [5.41, 5.74) is 17.6. The van der Waals surface area contributed by atoms with E-state index in [2.05, 4.69) is 96.9 Å². The van der Waals surface area contributed by atoms with Crippen LogP contribution in [-0.2, 0) is 152 Å². The molecule has 0 radical (unpaired) electrons. The largest absolute Gasteiger partial charge is 1.00 e. The van der Waals surface area contributed by atoms with Gasteiger partial charge in [0.15, 0.2) is 0 Å². The third kappa shape index (κ3) is 34.1. The fourth-order valence-electron chi connectivity index (χ4n) is 13.0. The van der Waals surface area contributed by atoms with Crippen LogP contribution in [0.2, 0.25) is 0 Å². The van der Waals surface area contributed by atoms with Gasteiger partial charge in [-0.3, -0.25) is 85.3 Å². The molecular weight excluding hydrogens is 1350 g/mol. The first-order chi connectivity index (χ1) is 49.4. The van der Waals surface area contributed by atoms with Crippen LogP contribution in [0.25, 0.3) is 0 Å². The molecule has 105 heavy (non-hydrogen) atoms. The number of ketones is 5. The monoisotopic (exact) mass is 1460 g/mol. The second-order valence-corrected chi connectivity index (χ2v) is 25.7. The minimum atomic E-state index is 0. The molecule has 7 aromatic rings. The summed E-state index contributed by atoms with van der Waals surface area (Å²) >= 11 is 0. The van der Waals surface area contributed by atoms with Gasteiger partial charge in [0.05, 0.1) is 50.6 Å². The molecule has 7 atom stereocenters. The predicted molar refractivity (Wildman–Crippen MR) is 371 cm³/mol. The molecule has 0 amide bonds. The van der Waals surface area contributed by atoms with Crippen LogP contribution >= 0.6 is 0 Å². The summed E-state index contributed by atoms with van der Waals surface area (Å²) in [6.45, 7) is 12.3. The van der Waals surface area contributed by atoms with Crippen molar-refractivity contribution in [2.24, 2.45) is 47.2 Å². The molecule has 0 saturated heterocycles. The summed E-state index contributed by atoms with van der Waals surface area (Å²) in [7, 11) is 1.75. The van der Waals surface area contributed by atoms with Crippen LogP contribution in [0, 0.1) is 35.5 Å². The number of fused-ring (bicyclic) bond motifs is 7. The van der Waals surface area contributed by atoms with Gasteiger partial charge in [0.1, 0.15) is 41.1 Å². The number of ether oxygens (including phenoxy) is 2. The van der Waals surface area contributed by atoms with Crippen LogP contribution in [0.5, 0.6) is 0 Å². The normalized spacial score (nSPS) is 19.4. The molecule has 8 aliphatic carbocycles. The molecule has 7 unspecified atom stereocenters. The molecule has 8 aliphatic rings. The Labute approximate surface area is 637 Å². The van der Waals surface area contributed by atoms with Gasteiger partial charge in [-0.25, -0.2) is 0 Å². The summed E-state index contributed by atoms with van der Waals surface area (Å²) in [5.74, 6) is 12.1. The maximum absolute atomic E-state index is 11.1. The molecule has 0 aliphatic heterocycles. The van der Waals surface area contributed by atoms with Gasteiger partial charge in [0, 0.05) is 90.6 Å². The number of aromatic amines is 7. The fraction of sp³-hybridized carbons (Fsp3) is 0.577. The Balaban J connectivity index is 0. The zero-order valence-corrected chi connectivity index (χ0v) is 62.4. The van der Waals surface area contributed by atoms with Gasteiger partial charge < -0.3 is 20.4 Å². The maximum atomic E-state index is 11.1. The number of H-pyrrole nitrogens is 7. The summed E-state index contributed by atoms with van der Waals surface area (Å²) in [5, 5.41) is 48.5. The number of halogens is 1. The first-order valence-electron chi connectivity index (χ1n) is 34.9. The van der Waals surface area contributed by atoms with Gasteiger partial charge in [-0.15, -0.1) is 0 Å². The van der Waals surface area contributed by atoms with Crippen molar-refractivity contribution in [3.05, 3.63) is 122 Å². The fourth-order valence-corrected chi connectivity index (χ4v) is 13.0. The number of nitrogens with two attached hydrogens (primary N) is 2. The quantitative estimate of drug-likeness (QED) is 0.0445. The van der Waals surface area contributed by atoms with E-state index in [9.17, 15) is 38.0 Å². The van der Waals surface area contributed by atoms with Gasteiger partial charge in [-0.05, 0) is 213 Å². The standard InChI is InChI=1S/3C9H12N2O.2C8H10N2O2.2C8H12N2.C8H12O2.CH3F.2CO2.CH4.2Li.H4N2.2H2O/c3*1-6(12)7-2-3-9-8(4-7)5-10-11-9;2*11-5-12-7-1-2-8-6(3-7)4-9-10-8;2*1-6-2-3-8-7(4-6)5-9-10-8;1-6(9)7-2-4-8(10)5-3-7;1-2;2*2-1-3;;;;1-2;;/h3*5,7H,2-4H2,1H3,(H,10,11);2*4-5,7H,1-3H2,(H,9,10);2*5-6H,2-4H2,1H3,(H,9,10);7H,2-5H2,1H3;1H3;;;1H4;;;1-2H2;2*1H2/q;;;;;;;;;;;;2*+1;;;/p-2/i;;;;;;;;;;;1D;;;;;. The van der Waals surface area contributed by atoms with Crippen molar-refractivity contribution in [2.45, 2.75) is 222 Å². The van der Waals surface area contributed by atoms with Crippen molar-refractivity contribution in [2.75, 3.05) is 7.18 Å². The van der Waals surface area contributed by atoms with Crippen LogP contribution < -0.4 is 49.4 Å². The van der Waals surface area contributed by atoms with E-state index in [1.165, 1.54) is 125 Å². The number of nitrogens with one attached hydrogen (secondary N) is 7. The molecule has 0 bridgehead atoms. The van der Waals surface area contributed by atoms with E-state index in [0.717, 1.165) is 121 Å². The number of hydrogen-bond donors (Lipinski definition) is 9. The van der Waals surface area contributed by atoms with Gasteiger partial charge in [0.25, 0.3) is 12.9 Å². The van der Waals surface area contributed by atoms with Crippen molar-refractivity contribution in [3.8, 4) is 0 Å². The van der Waals surface area contributed by atoms with Crippen molar-refractivity contribution < 1.29 is 117 Å². The van der Waals surface area contributed by atoms with E-state index in [4.69, 9.17) is 30.0 Å². The number of hydrazine groups is 1. The number of Topliss-reactive ketones (excluding diaryl/α,β-unsaturated/α-hetero) is 5. The van der Waals surface area contributed by atoms with Crippen LogP contribution in [-0.4, -0.2) is 156 Å². The number of carbonyl (C=O) groups excluding carboxylic acids is 11. The van der Waals surface area contributed by atoms with Crippen LogP contribution in [0.1, 0.15) is 200 Å². The summed E-state index contributed by atoms with van der Waals surface area (Å²) < 4.78 is 25.0. The van der Waals surface area contributed by atoms with E-state index in [1.807, 2.05) is 31.0 Å². The molecule has 0 aromatic carbocycles. The Morgan fingerprint density at radius 1 is 0.410 bits per heavy atom. The van der Waals surface area contributed by atoms with Gasteiger partial charge in [-0.2, -0.15) is 54.9 Å². The van der Waals surface area contributed by atoms with Crippen LogP contribution in [0.4, 0.5) is 4.39 Å². The number of aromatic nitrogens is 14. The number of rotatable bonds is 8. The first kappa shape index (κ1) is 96.5. The van der Waals surface area contributed by atoms with E-state index < -0.39 is 0 Å².